The quantitative estimate of drug-likeness (QED) is 0.598. The van der Waals surface area contributed by atoms with Crippen molar-refractivity contribution >= 4 is 22.8 Å². The number of ether oxygens (including phenoxy) is 2. The molecule has 6 heteroatoms. The molecule has 3 aromatic rings. The first kappa shape index (κ1) is 19.1. The summed E-state index contributed by atoms with van der Waals surface area (Å²) in [4.78, 5) is 28.2. The van der Waals surface area contributed by atoms with Crippen LogP contribution >= 0.6 is 0 Å². The van der Waals surface area contributed by atoms with Crippen molar-refractivity contribution < 1.29 is 19.1 Å². The minimum atomic E-state index is -0.498. The summed E-state index contributed by atoms with van der Waals surface area (Å²) < 4.78 is 10.5. The van der Waals surface area contributed by atoms with Gasteiger partial charge in [0.15, 0.2) is 6.61 Å². The molecule has 0 saturated heterocycles. The number of hydrogen-bond acceptors (Lipinski definition) is 4. The first-order valence-corrected chi connectivity index (χ1v) is 9.74. The second-order valence-corrected chi connectivity index (χ2v) is 7.40. The highest BCUT2D eigenvalue weighted by atomic mass is 16.5. The predicted molar refractivity (Wildman–Crippen MR) is 110 cm³/mol. The van der Waals surface area contributed by atoms with E-state index in [0.717, 1.165) is 40.8 Å². The standard InChI is InChI=1S/C23H24N2O4/c1-14-21(18-5-3-4-6-19(18)24-14)23(27)29-13-20(26)25-22(15-7-8-15)16-9-11-17(28-2)12-10-16/h3-6,9-12,15,22,24H,7-8,13H2,1-2H3,(H,25,26). The second-order valence-electron chi connectivity index (χ2n) is 7.40. The van der Waals surface area contributed by atoms with E-state index in [-0.39, 0.29) is 18.6 Å². The van der Waals surface area contributed by atoms with Crippen LogP contribution in [0.25, 0.3) is 10.9 Å². The lowest BCUT2D eigenvalue weighted by atomic mass is 10.0. The normalized spacial score (nSPS) is 14.4. The van der Waals surface area contributed by atoms with Crippen molar-refractivity contribution in [3.63, 3.8) is 0 Å². The predicted octanol–water partition coefficient (Wildman–Crippen LogP) is 3.91. The molecule has 1 aliphatic carbocycles. The zero-order valence-electron chi connectivity index (χ0n) is 16.5. The molecule has 0 bridgehead atoms. The molecule has 1 aliphatic rings. The number of methoxy groups -OCH3 is 1. The SMILES string of the molecule is COc1ccc(C(NC(=O)COC(=O)c2c(C)[nH]c3ccccc23)C2CC2)cc1. The van der Waals surface area contributed by atoms with E-state index in [1.54, 1.807) is 7.11 Å². The van der Waals surface area contributed by atoms with Crippen LogP contribution in [0.3, 0.4) is 0 Å². The number of fused-ring (bicyclic) bond motifs is 1. The number of H-pyrrole nitrogens is 1. The van der Waals surface area contributed by atoms with Gasteiger partial charge in [0.05, 0.1) is 18.7 Å². The largest absolute Gasteiger partial charge is 0.497 e. The maximum atomic E-state index is 12.6. The molecule has 0 aliphatic heterocycles. The van der Waals surface area contributed by atoms with Gasteiger partial charge < -0.3 is 19.8 Å². The van der Waals surface area contributed by atoms with Gasteiger partial charge in [-0.05, 0) is 49.4 Å². The van der Waals surface area contributed by atoms with Crippen molar-refractivity contribution in [3.8, 4) is 5.75 Å². The number of hydrogen-bond donors (Lipinski definition) is 2. The van der Waals surface area contributed by atoms with Crippen molar-refractivity contribution in [2.24, 2.45) is 5.92 Å². The van der Waals surface area contributed by atoms with Gasteiger partial charge >= 0.3 is 5.97 Å². The molecule has 1 aromatic heterocycles. The monoisotopic (exact) mass is 392 g/mol. The maximum Gasteiger partial charge on any atom is 0.341 e. The molecule has 29 heavy (non-hydrogen) atoms. The topological polar surface area (TPSA) is 80.4 Å². The van der Waals surface area contributed by atoms with Gasteiger partial charge in [-0.3, -0.25) is 4.79 Å². The van der Waals surface area contributed by atoms with Crippen LogP contribution in [0.1, 0.15) is 40.5 Å². The molecule has 1 unspecified atom stereocenters. The van der Waals surface area contributed by atoms with Crippen LogP contribution in [0, 0.1) is 12.8 Å². The fourth-order valence-electron chi connectivity index (χ4n) is 3.67. The Hall–Kier alpha value is -3.28. The van der Waals surface area contributed by atoms with Gasteiger partial charge in [-0.25, -0.2) is 4.79 Å². The molecule has 4 rings (SSSR count). The van der Waals surface area contributed by atoms with E-state index in [0.29, 0.717) is 11.5 Å². The molecule has 2 aromatic carbocycles. The van der Waals surface area contributed by atoms with Gasteiger partial charge in [0.25, 0.3) is 5.91 Å². The van der Waals surface area contributed by atoms with E-state index in [2.05, 4.69) is 10.3 Å². The van der Waals surface area contributed by atoms with Gasteiger partial charge in [0.2, 0.25) is 0 Å². The number of nitrogens with one attached hydrogen (secondary N) is 2. The number of aryl methyl sites for hydroxylation is 1. The number of benzene rings is 2. The van der Waals surface area contributed by atoms with Gasteiger partial charge in [0, 0.05) is 16.6 Å². The molecule has 1 amide bonds. The highest BCUT2D eigenvalue weighted by Crippen LogP contribution is 2.41. The Morgan fingerprint density at radius 2 is 1.86 bits per heavy atom. The molecule has 150 valence electrons. The van der Waals surface area contributed by atoms with E-state index in [1.165, 1.54) is 0 Å². The number of rotatable bonds is 7. The molecule has 1 heterocycles. The van der Waals surface area contributed by atoms with Gasteiger partial charge in [0.1, 0.15) is 5.75 Å². The van der Waals surface area contributed by atoms with Crippen molar-refractivity contribution in [2.75, 3.05) is 13.7 Å². The summed E-state index contributed by atoms with van der Waals surface area (Å²) in [7, 11) is 1.62. The summed E-state index contributed by atoms with van der Waals surface area (Å²) in [6.45, 7) is 1.51. The van der Waals surface area contributed by atoms with Crippen LogP contribution in [-0.4, -0.2) is 30.6 Å². The van der Waals surface area contributed by atoms with Crippen LogP contribution in [0.2, 0.25) is 0 Å². The lowest BCUT2D eigenvalue weighted by Gasteiger charge is -2.19. The third-order valence-electron chi connectivity index (χ3n) is 5.32. The smallest absolute Gasteiger partial charge is 0.341 e. The number of aromatic nitrogens is 1. The Bertz CT molecular complexity index is 1030. The fourth-order valence-corrected chi connectivity index (χ4v) is 3.67. The fraction of sp³-hybridized carbons (Fsp3) is 0.304. The summed E-state index contributed by atoms with van der Waals surface area (Å²) >= 11 is 0. The molecule has 0 spiro atoms. The van der Waals surface area contributed by atoms with Crippen LogP contribution in [-0.2, 0) is 9.53 Å². The Morgan fingerprint density at radius 1 is 1.14 bits per heavy atom. The second kappa shape index (κ2) is 7.99. The number of para-hydroxylation sites is 1. The number of aromatic amines is 1. The summed E-state index contributed by atoms with van der Waals surface area (Å²) in [5.74, 6) is 0.391. The number of esters is 1. The van der Waals surface area contributed by atoms with E-state index >= 15 is 0 Å². The maximum absolute atomic E-state index is 12.6. The van der Waals surface area contributed by atoms with E-state index in [9.17, 15) is 9.59 Å². The molecule has 1 saturated carbocycles. The van der Waals surface area contributed by atoms with Gasteiger partial charge in [-0.2, -0.15) is 0 Å². The Kier molecular flexibility index (Phi) is 5.25. The van der Waals surface area contributed by atoms with Gasteiger partial charge in [-0.1, -0.05) is 30.3 Å². The average Bonchev–Trinajstić information content (AvgIpc) is 3.52. The third kappa shape index (κ3) is 4.11. The third-order valence-corrected chi connectivity index (χ3v) is 5.32. The van der Waals surface area contributed by atoms with Crippen LogP contribution < -0.4 is 10.1 Å². The Morgan fingerprint density at radius 3 is 2.55 bits per heavy atom. The van der Waals surface area contributed by atoms with Crippen LogP contribution in [0.5, 0.6) is 5.75 Å². The lowest BCUT2D eigenvalue weighted by molar-refractivity contribution is -0.125. The summed E-state index contributed by atoms with van der Waals surface area (Å²) in [6.07, 6.45) is 2.15. The van der Waals surface area contributed by atoms with E-state index < -0.39 is 5.97 Å². The molecular formula is C23H24N2O4. The summed E-state index contributed by atoms with van der Waals surface area (Å²) in [6, 6.07) is 15.2. The number of amides is 1. The molecule has 6 nitrogen and oxygen atoms in total. The van der Waals surface area contributed by atoms with Crippen LogP contribution in [0.4, 0.5) is 0 Å². The Labute approximate surface area is 169 Å². The molecule has 1 fully saturated rings. The minimum Gasteiger partial charge on any atom is -0.497 e. The number of carbonyl (C=O) groups is 2. The summed E-state index contributed by atoms with van der Waals surface area (Å²) in [5, 5.41) is 3.82. The van der Waals surface area contributed by atoms with Crippen molar-refractivity contribution in [3.05, 3.63) is 65.4 Å². The Balaban J connectivity index is 1.40. The average molecular weight is 392 g/mol. The molecule has 0 radical (unpaired) electrons. The highest BCUT2D eigenvalue weighted by Gasteiger charge is 2.33. The van der Waals surface area contributed by atoms with Gasteiger partial charge in [-0.15, -0.1) is 0 Å². The lowest BCUT2D eigenvalue weighted by Crippen LogP contribution is -2.33. The van der Waals surface area contributed by atoms with Crippen molar-refractivity contribution in [1.29, 1.82) is 0 Å². The minimum absolute atomic E-state index is 0.0815. The van der Waals surface area contributed by atoms with Crippen LogP contribution in [0.15, 0.2) is 48.5 Å². The first-order valence-electron chi connectivity index (χ1n) is 9.74. The molecular weight excluding hydrogens is 368 g/mol. The van der Waals surface area contributed by atoms with Crippen molar-refractivity contribution in [2.45, 2.75) is 25.8 Å². The molecule has 1 atom stereocenters. The molecule has 2 N–H and O–H groups in total. The zero-order chi connectivity index (χ0) is 20.4. The van der Waals surface area contributed by atoms with E-state index in [4.69, 9.17) is 9.47 Å². The highest BCUT2D eigenvalue weighted by molar-refractivity contribution is 6.06. The number of carbonyl (C=O) groups excluding carboxylic acids is 2. The zero-order valence-corrected chi connectivity index (χ0v) is 16.5. The summed E-state index contributed by atoms with van der Waals surface area (Å²) in [5.41, 5.74) is 3.10. The van der Waals surface area contributed by atoms with E-state index in [1.807, 2.05) is 55.5 Å². The van der Waals surface area contributed by atoms with Crippen molar-refractivity contribution in [1.82, 2.24) is 10.3 Å². The first-order chi connectivity index (χ1) is 14.1.